The molecule has 0 aliphatic carbocycles. The van der Waals surface area contributed by atoms with Gasteiger partial charge in [-0.3, -0.25) is 0 Å². The third kappa shape index (κ3) is 5.13. The molecule has 0 bridgehead atoms. The molecule has 1 aromatic heterocycles. The van der Waals surface area contributed by atoms with Crippen molar-refractivity contribution in [3.8, 4) is 11.5 Å². The first-order chi connectivity index (χ1) is 13.4. The number of benzene rings is 2. The Morgan fingerprint density at radius 1 is 1.18 bits per heavy atom. The number of aromatic nitrogens is 1. The molecule has 0 amide bonds. The minimum absolute atomic E-state index is 0.00548. The molecule has 0 spiro atoms. The molecule has 0 radical (unpaired) electrons. The number of aryl methyl sites for hydroxylation is 1. The van der Waals surface area contributed by atoms with Crippen LogP contribution in [0.4, 0.5) is 10.2 Å². The van der Waals surface area contributed by atoms with E-state index in [1.165, 1.54) is 6.07 Å². The van der Waals surface area contributed by atoms with Crippen LogP contribution in [0.15, 0.2) is 59.6 Å². The summed E-state index contributed by atoms with van der Waals surface area (Å²) < 4.78 is 30.5. The molecule has 6 heteroatoms. The Morgan fingerprint density at radius 2 is 1.93 bits per heavy atom. The number of nitrogens with zero attached hydrogens (tertiary/aromatic N) is 1. The molecule has 1 N–H and O–H groups in total. The van der Waals surface area contributed by atoms with Gasteiger partial charge in [0.05, 0.1) is 6.10 Å². The number of ether oxygens (including phenoxy) is 2. The molecule has 0 atom stereocenters. The van der Waals surface area contributed by atoms with Crippen LogP contribution in [0.1, 0.15) is 30.7 Å². The quantitative estimate of drug-likeness (QED) is 0.552. The van der Waals surface area contributed by atoms with E-state index in [-0.39, 0.29) is 18.5 Å². The number of rotatable bonds is 8. The van der Waals surface area contributed by atoms with Crippen molar-refractivity contribution < 1.29 is 18.4 Å². The number of hydrogen-bond donors (Lipinski definition) is 1. The molecule has 0 saturated carbocycles. The van der Waals surface area contributed by atoms with Crippen molar-refractivity contribution in [2.45, 2.75) is 33.5 Å². The maximum absolute atomic E-state index is 13.9. The Labute approximate surface area is 163 Å². The van der Waals surface area contributed by atoms with E-state index in [4.69, 9.17) is 14.0 Å². The van der Waals surface area contributed by atoms with E-state index in [1.54, 1.807) is 30.3 Å². The van der Waals surface area contributed by atoms with Crippen LogP contribution in [0.2, 0.25) is 0 Å². The first-order valence-corrected chi connectivity index (χ1v) is 8.98. The zero-order valence-electron chi connectivity index (χ0n) is 16.2. The average Bonchev–Trinajstić information content (AvgIpc) is 3.05. The molecule has 1 heterocycles. The standard InChI is InChI=1S/C22H23FN2O3/c1-14(2)27-20-11-18(16(4)24-22-9-15(3)28-25-22)10-19(12-20)26-13-17-7-5-6-8-21(17)23/h5-12,14H,4,13H2,1-3H3,(H,24,25). The summed E-state index contributed by atoms with van der Waals surface area (Å²) in [5.74, 6) is 2.14. The number of nitrogens with one attached hydrogen (secondary N) is 1. The molecule has 0 aliphatic rings. The second-order valence-corrected chi connectivity index (χ2v) is 6.67. The maximum atomic E-state index is 13.9. The monoisotopic (exact) mass is 382 g/mol. The van der Waals surface area contributed by atoms with Gasteiger partial charge in [-0.1, -0.05) is 29.9 Å². The molecule has 3 aromatic rings. The highest BCUT2D eigenvalue weighted by Crippen LogP contribution is 2.29. The van der Waals surface area contributed by atoms with Gasteiger partial charge in [0.25, 0.3) is 0 Å². The molecule has 5 nitrogen and oxygen atoms in total. The first kappa shape index (κ1) is 19.5. The Kier molecular flexibility index (Phi) is 5.99. The van der Waals surface area contributed by atoms with Gasteiger partial charge in [0.15, 0.2) is 5.82 Å². The summed E-state index contributed by atoms with van der Waals surface area (Å²) in [7, 11) is 0. The Morgan fingerprint density at radius 3 is 2.61 bits per heavy atom. The van der Waals surface area contributed by atoms with Crippen molar-refractivity contribution in [1.82, 2.24) is 5.16 Å². The lowest BCUT2D eigenvalue weighted by molar-refractivity contribution is 0.239. The predicted octanol–water partition coefficient (Wildman–Crippen LogP) is 5.57. The van der Waals surface area contributed by atoms with E-state index in [2.05, 4.69) is 17.1 Å². The second-order valence-electron chi connectivity index (χ2n) is 6.67. The molecule has 0 fully saturated rings. The van der Waals surface area contributed by atoms with Crippen molar-refractivity contribution in [3.05, 3.63) is 77.8 Å². The number of halogens is 1. The van der Waals surface area contributed by atoms with Crippen LogP contribution in [0, 0.1) is 12.7 Å². The normalized spacial score (nSPS) is 10.8. The van der Waals surface area contributed by atoms with Crippen molar-refractivity contribution in [3.63, 3.8) is 0 Å². The summed E-state index contributed by atoms with van der Waals surface area (Å²) in [4.78, 5) is 0. The summed E-state index contributed by atoms with van der Waals surface area (Å²) in [6, 6.07) is 13.8. The fourth-order valence-electron chi connectivity index (χ4n) is 2.60. The Hall–Kier alpha value is -3.28. The van der Waals surface area contributed by atoms with Gasteiger partial charge in [-0.05, 0) is 39.0 Å². The van der Waals surface area contributed by atoms with E-state index in [1.807, 2.05) is 32.9 Å². The Balaban J connectivity index is 1.81. The lowest BCUT2D eigenvalue weighted by atomic mass is 10.1. The lowest BCUT2D eigenvalue weighted by Gasteiger charge is -2.15. The summed E-state index contributed by atoms with van der Waals surface area (Å²) in [6.07, 6.45) is -0.00548. The van der Waals surface area contributed by atoms with Gasteiger partial charge in [-0.2, -0.15) is 0 Å². The molecule has 0 unspecified atom stereocenters. The lowest BCUT2D eigenvalue weighted by Crippen LogP contribution is -2.07. The Bertz CT molecular complexity index is 966. The highest BCUT2D eigenvalue weighted by molar-refractivity contribution is 5.75. The average molecular weight is 382 g/mol. The van der Waals surface area contributed by atoms with Gasteiger partial charge < -0.3 is 19.3 Å². The predicted molar refractivity (Wildman–Crippen MR) is 107 cm³/mol. The fourth-order valence-corrected chi connectivity index (χ4v) is 2.60. The van der Waals surface area contributed by atoms with Crippen LogP contribution in [0.5, 0.6) is 11.5 Å². The fraction of sp³-hybridized carbons (Fsp3) is 0.227. The van der Waals surface area contributed by atoms with Crippen molar-refractivity contribution in [2.24, 2.45) is 0 Å². The van der Waals surface area contributed by atoms with Crippen LogP contribution in [0.25, 0.3) is 5.70 Å². The van der Waals surface area contributed by atoms with E-state index in [0.717, 1.165) is 5.56 Å². The van der Waals surface area contributed by atoms with E-state index in [0.29, 0.717) is 34.3 Å². The third-order valence-electron chi connectivity index (χ3n) is 3.86. The molecule has 28 heavy (non-hydrogen) atoms. The van der Waals surface area contributed by atoms with Crippen LogP contribution >= 0.6 is 0 Å². The summed E-state index contributed by atoms with van der Waals surface area (Å²) in [5.41, 5.74) is 1.86. The third-order valence-corrected chi connectivity index (χ3v) is 3.86. The topological polar surface area (TPSA) is 56.5 Å². The van der Waals surface area contributed by atoms with Crippen molar-refractivity contribution in [2.75, 3.05) is 5.32 Å². The first-order valence-electron chi connectivity index (χ1n) is 8.98. The largest absolute Gasteiger partial charge is 0.491 e. The molecule has 3 rings (SSSR count). The molecular weight excluding hydrogens is 359 g/mol. The van der Waals surface area contributed by atoms with Crippen molar-refractivity contribution >= 4 is 11.5 Å². The van der Waals surface area contributed by atoms with Crippen LogP contribution in [-0.4, -0.2) is 11.3 Å². The molecule has 0 saturated heterocycles. The van der Waals surface area contributed by atoms with Gasteiger partial charge in [-0.15, -0.1) is 0 Å². The highest BCUT2D eigenvalue weighted by Gasteiger charge is 2.10. The molecule has 146 valence electrons. The zero-order valence-corrected chi connectivity index (χ0v) is 16.2. The van der Waals surface area contributed by atoms with Gasteiger partial charge in [-0.25, -0.2) is 4.39 Å². The number of anilines is 1. The van der Waals surface area contributed by atoms with Gasteiger partial charge in [0.1, 0.15) is 29.7 Å². The summed E-state index contributed by atoms with van der Waals surface area (Å²) >= 11 is 0. The van der Waals surface area contributed by atoms with E-state index < -0.39 is 0 Å². The second kappa shape index (κ2) is 8.61. The van der Waals surface area contributed by atoms with Gasteiger partial charge in [0.2, 0.25) is 0 Å². The number of hydrogen-bond acceptors (Lipinski definition) is 5. The van der Waals surface area contributed by atoms with E-state index in [9.17, 15) is 4.39 Å². The van der Waals surface area contributed by atoms with Crippen molar-refractivity contribution in [1.29, 1.82) is 0 Å². The smallest absolute Gasteiger partial charge is 0.174 e. The molecular formula is C22H23FN2O3. The van der Waals surface area contributed by atoms with E-state index >= 15 is 0 Å². The molecule has 2 aromatic carbocycles. The summed E-state index contributed by atoms with van der Waals surface area (Å²) in [6.45, 7) is 9.87. The van der Waals surface area contributed by atoms with Crippen LogP contribution in [-0.2, 0) is 6.61 Å². The highest BCUT2D eigenvalue weighted by atomic mass is 19.1. The minimum atomic E-state index is -0.301. The van der Waals surface area contributed by atoms with Gasteiger partial charge in [0, 0.05) is 29.0 Å². The van der Waals surface area contributed by atoms with Gasteiger partial charge >= 0.3 is 0 Å². The van der Waals surface area contributed by atoms with Crippen LogP contribution < -0.4 is 14.8 Å². The minimum Gasteiger partial charge on any atom is -0.491 e. The molecule has 0 aliphatic heterocycles. The van der Waals surface area contributed by atoms with Crippen LogP contribution in [0.3, 0.4) is 0 Å². The summed E-state index contributed by atoms with van der Waals surface area (Å²) in [5, 5.41) is 7.01. The SMILES string of the molecule is C=C(Nc1cc(C)on1)c1cc(OCc2ccccc2F)cc(OC(C)C)c1. The maximum Gasteiger partial charge on any atom is 0.174 e. The zero-order chi connectivity index (χ0) is 20.1.